The zero-order valence-electron chi connectivity index (χ0n) is 11.5. The van der Waals surface area contributed by atoms with Crippen LogP contribution >= 0.6 is 0 Å². The van der Waals surface area contributed by atoms with Gasteiger partial charge in [-0.1, -0.05) is 25.9 Å². The van der Waals surface area contributed by atoms with Crippen LogP contribution in [0.15, 0.2) is 5.16 Å². The number of carbonyl (C=O) groups excluding carboxylic acids is 1. The Morgan fingerprint density at radius 1 is 1.41 bits per heavy atom. The van der Waals surface area contributed by atoms with E-state index in [1.807, 2.05) is 27.7 Å². The van der Waals surface area contributed by atoms with Gasteiger partial charge in [0.2, 0.25) is 5.91 Å². The van der Waals surface area contributed by atoms with Crippen LogP contribution in [-0.4, -0.2) is 34.9 Å². The van der Waals surface area contributed by atoms with Crippen molar-refractivity contribution in [2.45, 2.75) is 53.0 Å². The maximum absolute atomic E-state index is 12.5. The van der Waals surface area contributed by atoms with Crippen LogP contribution < -0.4 is 5.73 Å². The van der Waals surface area contributed by atoms with E-state index in [4.69, 9.17) is 10.9 Å². The van der Waals surface area contributed by atoms with E-state index in [0.29, 0.717) is 12.8 Å². The summed E-state index contributed by atoms with van der Waals surface area (Å²) in [4.78, 5) is 14.2. The zero-order chi connectivity index (χ0) is 13.6. The van der Waals surface area contributed by atoms with E-state index in [-0.39, 0.29) is 17.8 Å². The Bertz CT molecular complexity index is 285. The van der Waals surface area contributed by atoms with Crippen LogP contribution in [-0.2, 0) is 4.79 Å². The molecule has 100 valence electrons. The second-order valence-corrected chi connectivity index (χ2v) is 4.45. The van der Waals surface area contributed by atoms with Gasteiger partial charge in [-0.05, 0) is 26.2 Å². The van der Waals surface area contributed by atoms with Crippen molar-refractivity contribution in [3.8, 4) is 0 Å². The van der Waals surface area contributed by atoms with E-state index in [9.17, 15) is 4.79 Å². The molecule has 0 saturated heterocycles. The molecule has 1 atom stereocenters. The van der Waals surface area contributed by atoms with Crippen LogP contribution in [0.1, 0.15) is 47.0 Å². The lowest BCUT2D eigenvalue weighted by Gasteiger charge is -2.35. The summed E-state index contributed by atoms with van der Waals surface area (Å²) in [5, 5.41) is 11.9. The van der Waals surface area contributed by atoms with Gasteiger partial charge >= 0.3 is 0 Å². The van der Waals surface area contributed by atoms with Gasteiger partial charge in [-0.15, -0.1) is 0 Å². The van der Waals surface area contributed by atoms with Crippen molar-refractivity contribution >= 4 is 11.7 Å². The number of amides is 1. The summed E-state index contributed by atoms with van der Waals surface area (Å²) >= 11 is 0. The van der Waals surface area contributed by atoms with Crippen LogP contribution in [0.2, 0.25) is 0 Å². The summed E-state index contributed by atoms with van der Waals surface area (Å²) < 4.78 is 0. The highest BCUT2D eigenvalue weighted by Gasteiger charge is 2.42. The minimum atomic E-state index is -0.882. The quantitative estimate of drug-likeness (QED) is 0.323. The van der Waals surface area contributed by atoms with Crippen molar-refractivity contribution in [2.24, 2.45) is 16.3 Å². The number of nitrogens with two attached hydrogens (primary N) is 1. The van der Waals surface area contributed by atoms with Gasteiger partial charge in [-0.2, -0.15) is 0 Å². The molecule has 1 unspecified atom stereocenters. The molecule has 0 aliphatic rings. The lowest BCUT2D eigenvalue weighted by molar-refractivity contribution is -0.139. The summed E-state index contributed by atoms with van der Waals surface area (Å²) in [6.45, 7) is 7.77. The largest absolute Gasteiger partial charge is 0.409 e. The van der Waals surface area contributed by atoms with Crippen LogP contribution in [0.3, 0.4) is 0 Å². The van der Waals surface area contributed by atoms with E-state index < -0.39 is 5.41 Å². The van der Waals surface area contributed by atoms with Gasteiger partial charge in [-0.3, -0.25) is 4.79 Å². The van der Waals surface area contributed by atoms with Gasteiger partial charge < -0.3 is 15.8 Å². The van der Waals surface area contributed by atoms with Gasteiger partial charge in [0.1, 0.15) is 5.41 Å². The van der Waals surface area contributed by atoms with Crippen molar-refractivity contribution in [2.75, 3.05) is 7.05 Å². The molecule has 17 heavy (non-hydrogen) atoms. The Hall–Kier alpha value is -1.26. The third kappa shape index (κ3) is 2.90. The number of amidine groups is 1. The molecule has 0 aliphatic carbocycles. The molecule has 1 amide bonds. The molecular formula is C12H25N3O2. The Kier molecular flexibility index (Phi) is 5.99. The predicted octanol–water partition coefficient (Wildman–Crippen LogP) is 1.80. The van der Waals surface area contributed by atoms with Crippen LogP contribution in [0, 0.1) is 5.41 Å². The summed E-state index contributed by atoms with van der Waals surface area (Å²) in [6, 6.07) is 0.145. The zero-order valence-corrected chi connectivity index (χ0v) is 11.5. The minimum Gasteiger partial charge on any atom is -0.409 e. The number of hydrogen-bond donors (Lipinski definition) is 2. The lowest BCUT2D eigenvalue weighted by atomic mass is 9.79. The Morgan fingerprint density at radius 3 is 2.18 bits per heavy atom. The second kappa shape index (κ2) is 6.47. The topological polar surface area (TPSA) is 78.9 Å². The summed E-state index contributed by atoms with van der Waals surface area (Å²) in [6.07, 6.45) is 1.93. The molecule has 0 radical (unpaired) electrons. The number of carbonyl (C=O) groups is 1. The van der Waals surface area contributed by atoms with Gasteiger partial charge in [-0.25, -0.2) is 0 Å². The number of nitrogens with zero attached hydrogens (tertiary/aromatic N) is 2. The molecule has 0 fully saturated rings. The van der Waals surface area contributed by atoms with Crippen molar-refractivity contribution in [1.29, 1.82) is 0 Å². The first-order valence-electron chi connectivity index (χ1n) is 6.16. The Balaban J connectivity index is 5.28. The first-order chi connectivity index (χ1) is 7.91. The molecule has 0 aromatic carbocycles. The highest BCUT2D eigenvalue weighted by Crippen LogP contribution is 2.30. The summed E-state index contributed by atoms with van der Waals surface area (Å²) in [5.74, 6) is -0.0743. The first-order valence-corrected chi connectivity index (χ1v) is 6.16. The average Bonchev–Trinajstić information content (AvgIpc) is 2.38. The number of oxime groups is 1. The molecule has 3 N–H and O–H groups in total. The molecule has 0 aromatic rings. The predicted molar refractivity (Wildman–Crippen MR) is 68.9 cm³/mol. The normalized spacial score (nSPS) is 14.5. The van der Waals surface area contributed by atoms with Crippen LogP contribution in [0.5, 0.6) is 0 Å². The molecule has 0 bridgehead atoms. The molecule has 0 spiro atoms. The molecule has 0 aliphatic heterocycles. The summed E-state index contributed by atoms with van der Waals surface area (Å²) in [5.41, 5.74) is 4.82. The molecule has 0 rings (SSSR count). The van der Waals surface area contributed by atoms with Crippen molar-refractivity contribution in [1.82, 2.24) is 4.90 Å². The van der Waals surface area contributed by atoms with E-state index in [1.54, 1.807) is 11.9 Å². The third-order valence-electron chi connectivity index (χ3n) is 3.79. The second-order valence-electron chi connectivity index (χ2n) is 4.45. The molecular weight excluding hydrogens is 218 g/mol. The number of hydrogen-bond acceptors (Lipinski definition) is 3. The van der Waals surface area contributed by atoms with Gasteiger partial charge in [0.05, 0.1) is 0 Å². The van der Waals surface area contributed by atoms with E-state index in [2.05, 4.69) is 5.16 Å². The van der Waals surface area contributed by atoms with E-state index in [1.165, 1.54) is 0 Å². The van der Waals surface area contributed by atoms with Crippen molar-refractivity contribution < 1.29 is 10.0 Å². The standard InChI is InChI=1S/C12H25N3O2/c1-6-9(4)15(5)11(16)12(7-2,8-3)10(13)14-17/h9,17H,6-8H2,1-5H3,(H2,13,14). The fourth-order valence-electron chi connectivity index (χ4n) is 1.93. The number of rotatable bonds is 6. The van der Waals surface area contributed by atoms with Crippen molar-refractivity contribution in [3.63, 3.8) is 0 Å². The fourth-order valence-corrected chi connectivity index (χ4v) is 1.93. The molecule has 5 nitrogen and oxygen atoms in total. The van der Waals surface area contributed by atoms with Gasteiger partial charge in [0.25, 0.3) is 0 Å². The Labute approximate surface area is 104 Å². The SMILES string of the molecule is CCC(C)N(C)C(=O)C(CC)(CC)C(N)=NO. The maximum Gasteiger partial charge on any atom is 0.236 e. The average molecular weight is 243 g/mol. The van der Waals surface area contributed by atoms with Gasteiger partial charge in [0, 0.05) is 13.1 Å². The lowest BCUT2D eigenvalue weighted by Crippen LogP contribution is -2.51. The molecule has 0 heterocycles. The minimum absolute atomic E-state index is 0.00246. The highest BCUT2D eigenvalue weighted by atomic mass is 16.4. The maximum atomic E-state index is 12.5. The first kappa shape index (κ1) is 15.7. The molecule has 5 heteroatoms. The Morgan fingerprint density at radius 2 is 1.88 bits per heavy atom. The van der Waals surface area contributed by atoms with Crippen LogP contribution in [0.25, 0.3) is 0 Å². The summed E-state index contributed by atoms with van der Waals surface area (Å²) in [7, 11) is 1.77. The third-order valence-corrected chi connectivity index (χ3v) is 3.79. The van der Waals surface area contributed by atoms with E-state index >= 15 is 0 Å². The van der Waals surface area contributed by atoms with Crippen LogP contribution in [0.4, 0.5) is 0 Å². The smallest absolute Gasteiger partial charge is 0.236 e. The highest BCUT2D eigenvalue weighted by molar-refractivity contribution is 6.06. The van der Waals surface area contributed by atoms with E-state index in [0.717, 1.165) is 6.42 Å². The molecule has 0 saturated carbocycles. The fraction of sp³-hybridized carbons (Fsp3) is 0.833. The van der Waals surface area contributed by atoms with Crippen molar-refractivity contribution in [3.05, 3.63) is 0 Å². The van der Waals surface area contributed by atoms with Gasteiger partial charge in [0.15, 0.2) is 5.84 Å². The monoisotopic (exact) mass is 243 g/mol. The molecule has 0 aromatic heterocycles.